The Hall–Kier alpha value is -3.22. The minimum atomic E-state index is -1.02. The second kappa shape index (κ2) is 7.57. The molecule has 0 aliphatic rings. The number of carbonyl (C=O) groups is 1. The van der Waals surface area contributed by atoms with Crippen molar-refractivity contribution >= 4 is 5.91 Å². The molecule has 1 atom stereocenters. The summed E-state index contributed by atoms with van der Waals surface area (Å²) in [5.41, 5.74) is -0.0679. The Bertz CT molecular complexity index is 979. The van der Waals surface area contributed by atoms with E-state index in [0.717, 1.165) is 29.2 Å². The molecule has 7 heteroatoms. The van der Waals surface area contributed by atoms with Gasteiger partial charge in [0.15, 0.2) is 0 Å². The predicted molar refractivity (Wildman–Crippen MR) is 90.9 cm³/mol. The summed E-state index contributed by atoms with van der Waals surface area (Å²) in [6.45, 7) is 0. The van der Waals surface area contributed by atoms with Crippen LogP contribution >= 0.6 is 0 Å². The molecule has 1 heterocycles. The van der Waals surface area contributed by atoms with Crippen molar-refractivity contribution < 1.29 is 22.4 Å². The lowest BCUT2D eigenvalue weighted by atomic mass is 9.97. The number of nitrogens with zero attached hydrogens (tertiary/aromatic N) is 2. The second-order valence-electron chi connectivity index (χ2n) is 5.89. The van der Waals surface area contributed by atoms with Crippen molar-refractivity contribution in [2.45, 2.75) is 6.04 Å². The van der Waals surface area contributed by atoms with Gasteiger partial charge in [-0.3, -0.25) is 9.78 Å². The Kier molecular flexibility index (Phi) is 5.21. The Balaban J connectivity index is 2.10. The highest BCUT2D eigenvalue weighted by Gasteiger charge is 2.28. The minimum absolute atomic E-state index is 0.00272. The van der Waals surface area contributed by atoms with Gasteiger partial charge >= 0.3 is 0 Å². The van der Waals surface area contributed by atoms with Gasteiger partial charge in [0.2, 0.25) is 0 Å². The molecule has 3 nitrogen and oxygen atoms in total. The number of amides is 1. The van der Waals surface area contributed by atoms with Crippen LogP contribution in [0.5, 0.6) is 0 Å². The molecular weight excluding hydrogens is 360 g/mol. The number of rotatable bonds is 4. The molecule has 3 aromatic rings. The number of pyridine rings is 1. The monoisotopic (exact) mass is 374 g/mol. The highest BCUT2D eigenvalue weighted by Crippen LogP contribution is 2.31. The van der Waals surface area contributed by atoms with Crippen LogP contribution in [0.3, 0.4) is 0 Å². The SMILES string of the molecule is CN(C(=O)c1cc(F)ccc1F)C(c1cccnc1)c1ccc(F)cc1F. The summed E-state index contributed by atoms with van der Waals surface area (Å²) in [6, 6.07) is 7.64. The molecule has 0 aliphatic carbocycles. The molecule has 0 saturated heterocycles. The van der Waals surface area contributed by atoms with E-state index in [1.807, 2.05) is 0 Å². The van der Waals surface area contributed by atoms with E-state index in [9.17, 15) is 22.4 Å². The molecule has 0 radical (unpaired) electrons. The zero-order valence-electron chi connectivity index (χ0n) is 14.2. The zero-order valence-corrected chi connectivity index (χ0v) is 14.2. The molecular formula is C20H14F4N2O. The summed E-state index contributed by atoms with van der Waals surface area (Å²) in [7, 11) is 1.33. The lowest BCUT2D eigenvalue weighted by molar-refractivity contribution is 0.0747. The van der Waals surface area contributed by atoms with Crippen molar-refractivity contribution in [3.05, 3.63) is 101 Å². The van der Waals surface area contributed by atoms with Gasteiger partial charge < -0.3 is 4.90 Å². The van der Waals surface area contributed by atoms with Crippen molar-refractivity contribution in [2.75, 3.05) is 7.05 Å². The molecule has 0 N–H and O–H groups in total. The minimum Gasteiger partial charge on any atom is -0.330 e. The zero-order chi connectivity index (χ0) is 19.6. The number of halogens is 4. The van der Waals surface area contributed by atoms with E-state index < -0.39 is 40.8 Å². The number of carbonyl (C=O) groups excluding carboxylic acids is 1. The lowest BCUT2D eigenvalue weighted by Crippen LogP contribution is -2.33. The van der Waals surface area contributed by atoms with Gasteiger partial charge in [-0.05, 0) is 35.9 Å². The Morgan fingerprint density at radius 1 is 0.963 bits per heavy atom. The second-order valence-corrected chi connectivity index (χ2v) is 5.89. The van der Waals surface area contributed by atoms with E-state index in [4.69, 9.17) is 0 Å². The van der Waals surface area contributed by atoms with Gasteiger partial charge in [-0.25, -0.2) is 17.6 Å². The molecule has 1 unspecified atom stereocenters. The van der Waals surface area contributed by atoms with Gasteiger partial charge in [0.25, 0.3) is 5.91 Å². The maximum absolute atomic E-state index is 14.4. The topological polar surface area (TPSA) is 33.2 Å². The molecule has 138 valence electrons. The number of aromatic nitrogens is 1. The third kappa shape index (κ3) is 3.81. The molecule has 1 aromatic heterocycles. The first-order chi connectivity index (χ1) is 12.9. The highest BCUT2D eigenvalue weighted by atomic mass is 19.1. The average molecular weight is 374 g/mol. The first kappa shape index (κ1) is 18.6. The number of benzene rings is 2. The van der Waals surface area contributed by atoms with Crippen LogP contribution in [0.2, 0.25) is 0 Å². The fourth-order valence-corrected chi connectivity index (χ4v) is 2.84. The molecule has 0 saturated carbocycles. The average Bonchev–Trinajstić information content (AvgIpc) is 2.66. The van der Waals surface area contributed by atoms with E-state index in [0.29, 0.717) is 11.6 Å². The Morgan fingerprint density at radius 3 is 2.33 bits per heavy atom. The first-order valence-corrected chi connectivity index (χ1v) is 7.95. The molecule has 27 heavy (non-hydrogen) atoms. The smallest absolute Gasteiger partial charge is 0.257 e. The van der Waals surface area contributed by atoms with E-state index in [-0.39, 0.29) is 5.56 Å². The van der Waals surface area contributed by atoms with Crippen LogP contribution in [0, 0.1) is 23.3 Å². The van der Waals surface area contributed by atoms with E-state index in [1.165, 1.54) is 25.5 Å². The molecule has 1 amide bonds. The molecule has 0 fully saturated rings. The fraction of sp³-hybridized carbons (Fsp3) is 0.100. The van der Waals surface area contributed by atoms with Crippen LogP contribution in [-0.2, 0) is 0 Å². The van der Waals surface area contributed by atoms with Crippen LogP contribution < -0.4 is 0 Å². The van der Waals surface area contributed by atoms with Crippen molar-refractivity contribution in [3.8, 4) is 0 Å². The third-order valence-electron chi connectivity index (χ3n) is 4.12. The summed E-state index contributed by atoms with van der Waals surface area (Å²) in [5, 5.41) is 0. The molecule has 0 aliphatic heterocycles. The van der Waals surface area contributed by atoms with Gasteiger partial charge in [-0.2, -0.15) is 0 Å². The van der Waals surface area contributed by atoms with E-state index >= 15 is 0 Å². The van der Waals surface area contributed by atoms with E-state index in [2.05, 4.69) is 4.98 Å². The van der Waals surface area contributed by atoms with Crippen LogP contribution in [0.15, 0.2) is 60.9 Å². The first-order valence-electron chi connectivity index (χ1n) is 7.95. The molecule has 0 bridgehead atoms. The predicted octanol–water partition coefficient (Wildman–Crippen LogP) is 4.50. The van der Waals surface area contributed by atoms with Crippen molar-refractivity contribution in [2.24, 2.45) is 0 Å². The Morgan fingerprint density at radius 2 is 1.67 bits per heavy atom. The van der Waals surface area contributed by atoms with Gasteiger partial charge in [0.1, 0.15) is 23.3 Å². The van der Waals surface area contributed by atoms with Crippen molar-refractivity contribution in [1.29, 1.82) is 0 Å². The normalized spacial score (nSPS) is 11.9. The van der Waals surface area contributed by atoms with E-state index in [1.54, 1.807) is 12.1 Å². The number of hydrogen-bond donors (Lipinski definition) is 0. The maximum atomic E-state index is 14.4. The molecule has 0 spiro atoms. The summed E-state index contributed by atoms with van der Waals surface area (Å²) in [4.78, 5) is 17.8. The fourth-order valence-electron chi connectivity index (χ4n) is 2.84. The van der Waals surface area contributed by atoms with Crippen molar-refractivity contribution in [3.63, 3.8) is 0 Å². The van der Waals surface area contributed by atoms with Gasteiger partial charge in [-0.15, -0.1) is 0 Å². The van der Waals surface area contributed by atoms with Crippen LogP contribution in [0.25, 0.3) is 0 Å². The standard InChI is InChI=1S/C20H14F4N2O/c1-26(20(27)16-9-13(21)5-7-17(16)23)19(12-3-2-8-25-11-12)15-6-4-14(22)10-18(15)24/h2-11,19H,1H3. The third-order valence-corrected chi connectivity index (χ3v) is 4.12. The van der Waals surface area contributed by atoms with Crippen LogP contribution in [0.4, 0.5) is 17.6 Å². The summed E-state index contributed by atoms with van der Waals surface area (Å²) < 4.78 is 55.2. The lowest BCUT2D eigenvalue weighted by Gasteiger charge is -2.29. The van der Waals surface area contributed by atoms with Crippen LogP contribution in [0.1, 0.15) is 27.5 Å². The summed E-state index contributed by atoms with van der Waals surface area (Å²) in [6.07, 6.45) is 2.91. The van der Waals surface area contributed by atoms with Gasteiger partial charge in [-0.1, -0.05) is 12.1 Å². The largest absolute Gasteiger partial charge is 0.330 e. The molecule has 3 rings (SSSR count). The number of hydrogen-bond acceptors (Lipinski definition) is 2. The summed E-state index contributed by atoms with van der Waals surface area (Å²) in [5.74, 6) is -4.18. The van der Waals surface area contributed by atoms with Gasteiger partial charge in [0.05, 0.1) is 11.6 Å². The quantitative estimate of drug-likeness (QED) is 0.630. The summed E-state index contributed by atoms with van der Waals surface area (Å²) >= 11 is 0. The van der Waals surface area contributed by atoms with Crippen molar-refractivity contribution in [1.82, 2.24) is 9.88 Å². The maximum Gasteiger partial charge on any atom is 0.257 e. The molecule has 2 aromatic carbocycles. The van der Waals surface area contributed by atoms with Gasteiger partial charge in [0, 0.05) is 31.1 Å². The highest BCUT2D eigenvalue weighted by molar-refractivity contribution is 5.94. The van der Waals surface area contributed by atoms with Crippen LogP contribution in [-0.4, -0.2) is 22.8 Å². The Labute approximate surface area is 152 Å².